The summed E-state index contributed by atoms with van der Waals surface area (Å²) in [4.78, 5) is 35.2. The van der Waals surface area contributed by atoms with E-state index in [4.69, 9.17) is 53.8 Å². The standard InChI is InChI=1S/C37H36Cl3N3O6/c1-46-32-12-11-26(17-34(32)47-2)33(18-27-29(39)19-41-20-30(27)40)48-36(44)25-9-7-23(8-10-25)21-43(31-6-4-3-5-28(31)38)37(45)49-35-22-42-15-13-24(35)14-16-42/h3-12,17,19-20,24,33,35H,13-16,18,21-22H2,1-2H3/t33-,35-/m0/s1. The molecule has 0 N–H and O–H groups in total. The number of nitrogens with zero attached hydrogens (tertiary/aromatic N) is 3. The molecular weight excluding hydrogens is 689 g/mol. The molecule has 3 fully saturated rings. The molecule has 4 aromatic rings. The first-order valence-corrected chi connectivity index (χ1v) is 17.1. The van der Waals surface area contributed by atoms with E-state index in [0.29, 0.717) is 54.9 Å². The second kappa shape index (κ2) is 15.7. The topological polar surface area (TPSA) is 90.4 Å². The number of hydrogen-bond acceptors (Lipinski definition) is 8. The SMILES string of the molecule is COc1ccc([C@H](Cc2c(Cl)cncc2Cl)OC(=O)c2ccc(CN(C(=O)O[C@H]3CN4CCC3CC4)c3ccccc3Cl)cc2)cc1OC. The number of halogens is 3. The average Bonchev–Trinajstić information content (AvgIpc) is 3.12. The smallest absolute Gasteiger partial charge is 0.414 e. The Kier molecular flexibility index (Phi) is 11.1. The highest BCUT2D eigenvalue weighted by atomic mass is 35.5. The van der Waals surface area contributed by atoms with Crippen molar-refractivity contribution in [2.45, 2.75) is 38.0 Å². The Labute approximate surface area is 300 Å². The lowest BCUT2D eigenvalue weighted by Crippen LogP contribution is -2.53. The van der Waals surface area contributed by atoms with E-state index in [1.165, 1.54) is 19.5 Å². The zero-order valence-electron chi connectivity index (χ0n) is 27.1. The molecule has 1 amide bonds. The van der Waals surface area contributed by atoms with Crippen LogP contribution >= 0.6 is 34.8 Å². The number of fused-ring (bicyclic) bond motifs is 3. The Morgan fingerprint density at radius 3 is 2.22 bits per heavy atom. The third-order valence-corrected chi connectivity index (χ3v) is 10.1. The molecule has 4 heterocycles. The van der Waals surface area contributed by atoms with Gasteiger partial charge < -0.3 is 18.9 Å². The normalized spacial score (nSPS) is 18.8. The molecule has 3 saturated heterocycles. The van der Waals surface area contributed by atoms with Crippen LogP contribution in [-0.2, 0) is 22.4 Å². The maximum Gasteiger partial charge on any atom is 0.414 e. The summed E-state index contributed by atoms with van der Waals surface area (Å²) in [5.41, 5.74) is 2.88. The fraction of sp³-hybridized carbons (Fsp3) is 0.324. The maximum atomic E-state index is 13.7. The molecule has 2 atom stereocenters. The van der Waals surface area contributed by atoms with Gasteiger partial charge in [-0.2, -0.15) is 0 Å². The number of anilines is 1. The number of carbonyl (C=O) groups is 2. The Morgan fingerprint density at radius 1 is 0.898 bits per heavy atom. The Bertz CT molecular complexity index is 1780. The van der Waals surface area contributed by atoms with E-state index in [1.807, 2.05) is 12.1 Å². The number of hydrogen-bond donors (Lipinski definition) is 0. The summed E-state index contributed by atoms with van der Waals surface area (Å²) in [7, 11) is 3.08. The van der Waals surface area contributed by atoms with Crippen molar-refractivity contribution in [2.75, 3.05) is 38.8 Å². The van der Waals surface area contributed by atoms with Crippen molar-refractivity contribution < 1.29 is 28.5 Å². The van der Waals surface area contributed by atoms with Crippen LogP contribution in [0.4, 0.5) is 10.5 Å². The van der Waals surface area contributed by atoms with Gasteiger partial charge in [-0.3, -0.25) is 14.8 Å². The van der Waals surface area contributed by atoms with Gasteiger partial charge in [0.15, 0.2) is 11.5 Å². The molecule has 2 bridgehead atoms. The lowest BCUT2D eigenvalue weighted by molar-refractivity contribution is -0.0311. The molecule has 256 valence electrons. The van der Waals surface area contributed by atoms with Gasteiger partial charge >= 0.3 is 12.1 Å². The highest BCUT2D eigenvalue weighted by Gasteiger charge is 2.37. The van der Waals surface area contributed by atoms with E-state index in [1.54, 1.807) is 66.6 Å². The van der Waals surface area contributed by atoms with Gasteiger partial charge in [0.1, 0.15) is 12.2 Å². The fourth-order valence-corrected chi connectivity index (χ4v) is 7.14. The molecule has 0 radical (unpaired) electrons. The highest BCUT2D eigenvalue weighted by Crippen LogP contribution is 2.36. The van der Waals surface area contributed by atoms with Crippen LogP contribution in [0.5, 0.6) is 11.5 Å². The quantitative estimate of drug-likeness (QED) is 0.143. The van der Waals surface area contributed by atoms with Crippen LogP contribution in [0.15, 0.2) is 79.1 Å². The molecule has 9 nitrogen and oxygen atoms in total. The molecule has 3 aliphatic rings. The van der Waals surface area contributed by atoms with Crippen LogP contribution in [0.1, 0.15) is 46.0 Å². The molecule has 0 aliphatic carbocycles. The largest absolute Gasteiger partial charge is 0.493 e. The summed E-state index contributed by atoms with van der Waals surface area (Å²) in [6.45, 7) is 3.02. The van der Waals surface area contributed by atoms with Crippen molar-refractivity contribution in [1.29, 1.82) is 0 Å². The summed E-state index contributed by atoms with van der Waals surface area (Å²) in [5, 5.41) is 1.14. The first kappa shape index (κ1) is 34.8. The number of rotatable bonds is 11. The average molecular weight is 725 g/mol. The number of amides is 1. The fourth-order valence-electron chi connectivity index (χ4n) is 6.38. The number of piperidine rings is 3. The number of esters is 1. The van der Waals surface area contributed by atoms with Crippen molar-refractivity contribution in [3.8, 4) is 11.5 Å². The zero-order chi connectivity index (χ0) is 34.5. The van der Waals surface area contributed by atoms with E-state index in [0.717, 1.165) is 38.0 Å². The van der Waals surface area contributed by atoms with Crippen molar-refractivity contribution >= 4 is 52.6 Å². The predicted octanol–water partition coefficient (Wildman–Crippen LogP) is 8.44. The molecule has 0 saturated carbocycles. The first-order chi connectivity index (χ1) is 23.7. The van der Waals surface area contributed by atoms with Crippen LogP contribution in [0.2, 0.25) is 15.1 Å². The third-order valence-electron chi connectivity index (χ3n) is 9.11. The minimum Gasteiger partial charge on any atom is -0.493 e. The summed E-state index contributed by atoms with van der Waals surface area (Å²) < 4.78 is 23.1. The minimum absolute atomic E-state index is 0.160. The van der Waals surface area contributed by atoms with Gasteiger partial charge in [-0.25, -0.2) is 9.59 Å². The van der Waals surface area contributed by atoms with Gasteiger partial charge in [-0.05, 0) is 84.9 Å². The van der Waals surface area contributed by atoms with Gasteiger partial charge in [0.25, 0.3) is 0 Å². The monoisotopic (exact) mass is 723 g/mol. The number of para-hydroxylation sites is 1. The van der Waals surface area contributed by atoms with Gasteiger partial charge in [0.05, 0.1) is 47.1 Å². The Morgan fingerprint density at radius 2 is 1.59 bits per heavy atom. The van der Waals surface area contributed by atoms with Crippen molar-refractivity contribution in [2.24, 2.45) is 5.92 Å². The van der Waals surface area contributed by atoms with Gasteiger partial charge in [-0.15, -0.1) is 0 Å². The molecule has 3 aliphatic heterocycles. The molecule has 0 unspecified atom stereocenters. The van der Waals surface area contributed by atoms with Crippen LogP contribution in [-0.4, -0.2) is 61.9 Å². The lowest BCUT2D eigenvalue weighted by Gasteiger charge is -2.44. The summed E-state index contributed by atoms with van der Waals surface area (Å²) in [5.74, 6) is 0.816. The van der Waals surface area contributed by atoms with Crippen molar-refractivity contribution in [1.82, 2.24) is 9.88 Å². The van der Waals surface area contributed by atoms with Crippen LogP contribution in [0.3, 0.4) is 0 Å². The van der Waals surface area contributed by atoms with E-state index in [-0.39, 0.29) is 19.1 Å². The number of aromatic nitrogens is 1. The molecule has 3 aromatic carbocycles. The number of ether oxygens (including phenoxy) is 4. The van der Waals surface area contributed by atoms with Crippen LogP contribution in [0.25, 0.3) is 0 Å². The van der Waals surface area contributed by atoms with E-state index in [2.05, 4.69) is 9.88 Å². The van der Waals surface area contributed by atoms with Gasteiger partial charge in [-0.1, -0.05) is 65.1 Å². The van der Waals surface area contributed by atoms with Crippen molar-refractivity contribution in [3.05, 3.63) is 116 Å². The second-order valence-electron chi connectivity index (χ2n) is 12.1. The Balaban J connectivity index is 1.21. The van der Waals surface area contributed by atoms with E-state index < -0.39 is 18.2 Å². The molecule has 7 rings (SSSR count). The number of benzene rings is 3. The van der Waals surface area contributed by atoms with Crippen molar-refractivity contribution in [3.63, 3.8) is 0 Å². The maximum absolute atomic E-state index is 13.7. The lowest BCUT2D eigenvalue weighted by atomic mass is 9.86. The first-order valence-electron chi connectivity index (χ1n) is 16.0. The molecule has 1 aromatic heterocycles. The number of methoxy groups -OCH3 is 2. The van der Waals surface area contributed by atoms with E-state index in [9.17, 15) is 9.59 Å². The van der Waals surface area contributed by atoms with E-state index >= 15 is 0 Å². The molecule has 0 spiro atoms. The molecule has 49 heavy (non-hydrogen) atoms. The second-order valence-corrected chi connectivity index (χ2v) is 13.3. The van der Waals surface area contributed by atoms with Gasteiger partial charge in [0.2, 0.25) is 0 Å². The summed E-state index contributed by atoms with van der Waals surface area (Å²) >= 11 is 19.5. The Hall–Kier alpha value is -4.02. The van der Waals surface area contributed by atoms with Crippen LogP contribution < -0.4 is 14.4 Å². The summed E-state index contributed by atoms with van der Waals surface area (Å²) in [6, 6.07) is 19.4. The molecule has 12 heteroatoms. The minimum atomic E-state index is -0.777. The predicted molar refractivity (Wildman–Crippen MR) is 189 cm³/mol. The number of pyridine rings is 1. The van der Waals surface area contributed by atoms with Crippen LogP contribution in [0, 0.1) is 5.92 Å². The summed E-state index contributed by atoms with van der Waals surface area (Å²) in [6.07, 6.45) is 3.83. The third kappa shape index (κ3) is 8.07. The zero-order valence-corrected chi connectivity index (χ0v) is 29.4. The number of carbonyl (C=O) groups excluding carboxylic acids is 2. The highest BCUT2D eigenvalue weighted by molar-refractivity contribution is 6.35. The molecular formula is C37H36Cl3N3O6. The van der Waals surface area contributed by atoms with Gasteiger partial charge in [0, 0.05) is 25.4 Å².